The van der Waals surface area contributed by atoms with E-state index in [2.05, 4.69) is 27.8 Å². The molecule has 0 unspecified atom stereocenters. The molecule has 2 aliphatic rings. The van der Waals surface area contributed by atoms with Crippen molar-refractivity contribution in [3.05, 3.63) is 12.4 Å². The van der Waals surface area contributed by atoms with Crippen molar-refractivity contribution in [1.29, 1.82) is 0 Å². The van der Waals surface area contributed by atoms with Crippen molar-refractivity contribution in [2.75, 3.05) is 13.1 Å². The average molecular weight is 353 g/mol. The zero-order chi connectivity index (χ0) is 17.0. The monoisotopic (exact) mass is 352 g/mol. The van der Waals surface area contributed by atoms with E-state index in [1.165, 1.54) is 64.2 Å². The number of hydrogen-bond donors (Lipinski definition) is 4. The molecular formula is C19H36N4S. The van der Waals surface area contributed by atoms with Gasteiger partial charge in [-0.15, -0.1) is 0 Å². The highest BCUT2D eigenvalue weighted by atomic mass is 32.1. The third-order valence-corrected chi connectivity index (χ3v) is 5.41. The highest BCUT2D eigenvalue weighted by Crippen LogP contribution is 2.18. The van der Waals surface area contributed by atoms with E-state index in [9.17, 15) is 0 Å². The Kier molecular flexibility index (Phi) is 9.32. The van der Waals surface area contributed by atoms with E-state index in [-0.39, 0.29) is 0 Å². The minimum atomic E-state index is 0.592. The van der Waals surface area contributed by atoms with Crippen molar-refractivity contribution in [1.82, 2.24) is 21.3 Å². The Hall–Kier alpha value is -0.970. The number of hydrogen-bond acceptors (Lipinski definition) is 3. The lowest BCUT2D eigenvalue weighted by Gasteiger charge is -2.25. The van der Waals surface area contributed by atoms with Gasteiger partial charge in [0.2, 0.25) is 0 Å². The lowest BCUT2D eigenvalue weighted by molar-refractivity contribution is 0.388. The Morgan fingerprint density at radius 2 is 1.25 bits per heavy atom. The normalized spacial score (nSPS) is 19.5. The summed E-state index contributed by atoms with van der Waals surface area (Å²) in [6.07, 6.45) is 15.5. The summed E-state index contributed by atoms with van der Waals surface area (Å²) in [5, 5.41) is 14.5. The molecule has 4 nitrogen and oxygen atoms in total. The number of rotatable bonds is 9. The van der Waals surface area contributed by atoms with Gasteiger partial charge in [0.1, 0.15) is 0 Å². The van der Waals surface area contributed by atoms with Crippen LogP contribution in [0.1, 0.15) is 77.0 Å². The van der Waals surface area contributed by atoms with E-state index in [1.54, 1.807) is 0 Å². The molecule has 2 aliphatic carbocycles. The van der Waals surface area contributed by atoms with Gasteiger partial charge in [0.15, 0.2) is 5.11 Å². The van der Waals surface area contributed by atoms with Crippen LogP contribution in [-0.2, 0) is 0 Å². The van der Waals surface area contributed by atoms with Gasteiger partial charge in [-0.2, -0.15) is 0 Å². The fourth-order valence-electron chi connectivity index (χ4n) is 3.72. The van der Waals surface area contributed by atoms with Crippen LogP contribution in [0.3, 0.4) is 0 Å². The van der Waals surface area contributed by atoms with Crippen LogP contribution in [0.2, 0.25) is 0 Å². The smallest absolute Gasteiger partial charge is 0.166 e. The lowest BCUT2D eigenvalue weighted by Crippen LogP contribution is -2.43. The summed E-state index contributed by atoms with van der Waals surface area (Å²) in [5.74, 6) is 0.990. The molecule has 0 bridgehead atoms. The van der Waals surface area contributed by atoms with E-state index in [0.29, 0.717) is 12.1 Å². The molecule has 0 spiro atoms. The van der Waals surface area contributed by atoms with Gasteiger partial charge in [0.05, 0.1) is 5.82 Å². The predicted molar refractivity (Wildman–Crippen MR) is 107 cm³/mol. The summed E-state index contributed by atoms with van der Waals surface area (Å²) in [6.45, 7) is 6.01. The topological polar surface area (TPSA) is 48.1 Å². The average Bonchev–Trinajstić information content (AvgIpc) is 2.60. The molecule has 2 rings (SSSR count). The molecule has 0 amide bonds. The van der Waals surface area contributed by atoms with Crippen molar-refractivity contribution in [2.45, 2.75) is 89.1 Å². The Balaban J connectivity index is 1.41. The van der Waals surface area contributed by atoms with Gasteiger partial charge in [-0.3, -0.25) is 0 Å². The summed E-state index contributed by atoms with van der Waals surface area (Å²) < 4.78 is 0. The summed E-state index contributed by atoms with van der Waals surface area (Å²) in [7, 11) is 0. The van der Waals surface area contributed by atoms with E-state index in [1.807, 2.05) is 0 Å². The first-order valence-electron chi connectivity index (χ1n) is 9.98. The zero-order valence-electron chi connectivity index (χ0n) is 15.2. The molecule has 0 heterocycles. The van der Waals surface area contributed by atoms with Crippen molar-refractivity contribution < 1.29 is 0 Å². The molecular weight excluding hydrogens is 316 g/mol. The molecule has 0 atom stereocenters. The zero-order valence-corrected chi connectivity index (χ0v) is 16.0. The van der Waals surface area contributed by atoms with Crippen LogP contribution in [0.25, 0.3) is 0 Å². The largest absolute Gasteiger partial charge is 0.372 e. The van der Waals surface area contributed by atoms with Gasteiger partial charge in [0.25, 0.3) is 0 Å². The Morgan fingerprint density at radius 3 is 1.83 bits per heavy atom. The van der Waals surface area contributed by atoms with Crippen molar-refractivity contribution in [2.24, 2.45) is 0 Å². The molecule has 2 fully saturated rings. The van der Waals surface area contributed by atoms with Crippen LogP contribution >= 0.6 is 12.2 Å². The fraction of sp³-hybridized carbons (Fsp3) is 0.842. The predicted octanol–water partition coefficient (Wildman–Crippen LogP) is 3.55. The second-order valence-corrected chi connectivity index (χ2v) is 7.74. The molecule has 5 heteroatoms. The number of thiocarbonyl (C=S) groups is 1. The van der Waals surface area contributed by atoms with Crippen LogP contribution in [0, 0.1) is 0 Å². The Morgan fingerprint density at radius 1 is 0.750 bits per heavy atom. The SMILES string of the molecule is C=C(NCCCCNC(=S)NC1CCCCC1)NC1CCCCC1. The van der Waals surface area contributed by atoms with Gasteiger partial charge in [0, 0.05) is 25.2 Å². The quantitative estimate of drug-likeness (QED) is 0.378. The molecule has 138 valence electrons. The third kappa shape index (κ3) is 8.22. The van der Waals surface area contributed by atoms with Gasteiger partial charge < -0.3 is 21.3 Å². The van der Waals surface area contributed by atoms with Gasteiger partial charge in [-0.05, 0) is 50.7 Å². The van der Waals surface area contributed by atoms with Crippen LogP contribution in [0.5, 0.6) is 0 Å². The first-order chi connectivity index (χ1) is 11.7. The van der Waals surface area contributed by atoms with E-state index < -0.39 is 0 Å². The minimum absolute atomic E-state index is 0.592. The maximum atomic E-state index is 5.38. The minimum Gasteiger partial charge on any atom is -0.372 e. The summed E-state index contributed by atoms with van der Waals surface area (Å²) in [6, 6.07) is 1.22. The summed E-state index contributed by atoms with van der Waals surface area (Å²) >= 11 is 5.38. The molecule has 2 saturated carbocycles. The first-order valence-corrected chi connectivity index (χ1v) is 10.4. The Labute approximate surface area is 153 Å². The molecule has 24 heavy (non-hydrogen) atoms. The van der Waals surface area contributed by atoms with E-state index in [4.69, 9.17) is 12.2 Å². The van der Waals surface area contributed by atoms with Crippen molar-refractivity contribution >= 4 is 17.3 Å². The molecule has 0 radical (unpaired) electrons. The van der Waals surface area contributed by atoms with E-state index >= 15 is 0 Å². The standard InChI is InChI=1S/C19H36N4S/c1-16(22-17-10-4-2-5-11-17)20-14-8-9-15-21-19(24)23-18-12-6-3-7-13-18/h17-18,20,22H,1-15H2,(H2,21,23,24). The highest BCUT2D eigenvalue weighted by Gasteiger charge is 2.14. The number of unbranched alkanes of at least 4 members (excludes halogenated alkanes) is 1. The van der Waals surface area contributed by atoms with Crippen LogP contribution in [0.4, 0.5) is 0 Å². The molecule has 0 aromatic heterocycles. The maximum absolute atomic E-state index is 5.38. The van der Waals surface area contributed by atoms with Crippen molar-refractivity contribution in [3.63, 3.8) is 0 Å². The maximum Gasteiger partial charge on any atom is 0.166 e. The van der Waals surface area contributed by atoms with Gasteiger partial charge in [-0.25, -0.2) is 0 Å². The second kappa shape index (κ2) is 11.6. The molecule has 0 aromatic carbocycles. The lowest BCUT2D eigenvalue weighted by atomic mass is 9.96. The first kappa shape index (κ1) is 19.4. The second-order valence-electron chi connectivity index (χ2n) is 7.33. The van der Waals surface area contributed by atoms with Crippen LogP contribution < -0.4 is 21.3 Å². The third-order valence-electron chi connectivity index (χ3n) is 5.15. The highest BCUT2D eigenvalue weighted by molar-refractivity contribution is 7.80. The van der Waals surface area contributed by atoms with Gasteiger partial charge in [-0.1, -0.05) is 45.1 Å². The van der Waals surface area contributed by atoms with E-state index in [0.717, 1.165) is 36.9 Å². The molecule has 0 aromatic rings. The van der Waals surface area contributed by atoms with Gasteiger partial charge >= 0.3 is 0 Å². The van der Waals surface area contributed by atoms with Crippen LogP contribution in [0.15, 0.2) is 12.4 Å². The van der Waals surface area contributed by atoms with Crippen molar-refractivity contribution in [3.8, 4) is 0 Å². The summed E-state index contributed by atoms with van der Waals surface area (Å²) in [4.78, 5) is 0. The van der Waals surface area contributed by atoms with Crippen LogP contribution in [-0.4, -0.2) is 30.3 Å². The Bertz CT molecular complexity index is 338. The molecule has 0 aliphatic heterocycles. The fourth-order valence-corrected chi connectivity index (χ4v) is 3.99. The number of nitrogens with one attached hydrogen (secondary N) is 4. The molecule has 4 N–H and O–H groups in total. The summed E-state index contributed by atoms with van der Waals surface area (Å²) in [5.41, 5.74) is 0. The molecule has 0 saturated heterocycles.